The molecule has 0 saturated heterocycles. The van der Waals surface area contributed by atoms with Gasteiger partial charge in [-0.25, -0.2) is 9.48 Å². The molecule has 3 heterocycles. The molecule has 0 fully saturated rings. The summed E-state index contributed by atoms with van der Waals surface area (Å²) in [6, 6.07) is 15.1. The van der Waals surface area contributed by atoms with Crippen molar-refractivity contribution >= 4 is 0 Å². The smallest absolute Gasteiger partial charge is 0.330 e. The maximum absolute atomic E-state index is 12.1. The van der Waals surface area contributed by atoms with Crippen molar-refractivity contribution in [3.63, 3.8) is 0 Å². The molecule has 0 aliphatic heterocycles. The van der Waals surface area contributed by atoms with Gasteiger partial charge in [0.15, 0.2) is 5.69 Å². The van der Waals surface area contributed by atoms with Gasteiger partial charge in [0.25, 0.3) is 5.89 Å². The van der Waals surface area contributed by atoms with Gasteiger partial charge in [-0.3, -0.25) is 4.57 Å². The van der Waals surface area contributed by atoms with E-state index in [4.69, 9.17) is 9.26 Å². The first kappa shape index (κ1) is 19.6. The summed E-state index contributed by atoms with van der Waals surface area (Å²) in [5.74, 6) is 1.42. The van der Waals surface area contributed by atoms with Crippen LogP contribution in [0.2, 0.25) is 0 Å². The van der Waals surface area contributed by atoms with Gasteiger partial charge >= 0.3 is 5.69 Å². The first-order valence-corrected chi connectivity index (χ1v) is 9.96. The Morgan fingerprint density at radius 1 is 1.09 bits per heavy atom. The molecule has 0 aliphatic rings. The van der Waals surface area contributed by atoms with Gasteiger partial charge in [-0.05, 0) is 49.7 Å². The monoisotopic (exact) mass is 428 g/mol. The zero-order valence-electron chi connectivity index (χ0n) is 17.7. The van der Waals surface area contributed by atoms with Crippen LogP contribution in [-0.4, -0.2) is 36.6 Å². The fraction of sp³-hybridized carbons (Fsp3) is 0.130. The standard InChI is InChI=1S/C23H20N6O3/c1-14-7-8-20(31-3)19(11-14)28-10-9-18(26-28)22-25-21(27-32-22)16-5-4-6-17(12-16)29-15(2)13-24-23(29)30/h4-13H,1-3H3,(H,24,30). The number of methoxy groups -OCH3 is 1. The Balaban J connectivity index is 1.48. The number of H-pyrrole nitrogens is 1. The number of aryl methyl sites for hydroxylation is 2. The second-order valence-corrected chi connectivity index (χ2v) is 7.36. The lowest BCUT2D eigenvalue weighted by Crippen LogP contribution is -2.15. The van der Waals surface area contributed by atoms with Gasteiger partial charge in [0.1, 0.15) is 11.4 Å². The number of hydrogen-bond donors (Lipinski definition) is 1. The fourth-order valence-electron chi connectivity index (χ4n) is 3.56. The summed E-state index contributed by atoms with van der Waals surface area (Å²) in [7, 11) is 1.63. The minimum absolute atomic E-state index is 0.203. The van der Waals surface area contributed by atoms with Crippen molar-refractivity contribution in [3.05, 3.63) is 82.7 Å². The van der Waals surface area contributed by atoms with E-state index in [-0.39, 0.29) is 5.69 Å². The number of rotatable bonds is 5. The molecule has 0 saturated carbocycles. The third-order valence-corrected chi connectivity index (χ3v) is 5.14. The van der Waals surface area contributed by atoms with E-state index in [0.29, 0.717) is 28.8 Å². The molecular formula is C23H20N6O3. The van der Waals surface area contributed by atoms with Crippen LogP contribution in [0.1, 0.15) is 11.3 Å². The van der Waals surface area contributed by atoms with E-state index in [9.17, 15) is 4.79 Å². The summed E-state index contributed by atoms with van der Waals surface area (Å²) in [4.78, 5) is 19.3. The van der Waals surface area contributed by atoms with Crippen LogP contribution in [0.15, 0.2) is 70.2 Å². The van der Waals surface area contributed by atoms with Gasteiger partial charge < -0.3 is 14.2 Å². The average Bonchev–Trinajstić information content (AvgIpc) is 3.54. The largest absolute Gasteiger partial charge is 0.494 e. The molecule has 5 rings (SSSR count). The molecule has 0 spiro atoms. The molecular weight excluding hydrogens is 408 g/mol. The predicted octanol–water partition coefficient (Wildman–Crippen LogP) is 3.69. The van der Waals surface area contributed by atoms with Crippen LogP contribution in [0.25, 0.3) is 34.3 Å². The zero-order chi connectivity index (χ0) is 22.2. The summed E-state index contributed by atoms with van der Waals surface area (Å²) in [6.45, 7) is 3.87. The maximum atomic E-state index is 12.1. The molecule has 9 nitrogen and oxygen atoms in total. The number of aromatic amines is 1. The van der Waals surface area contributed by atoms with Crippen molar-refractivity contribution in [3.8, 4) is 40.1 Å². The number of ether oxygens (including phenoxy) is 1. The minimum atomic E-state index is -0.203. The molecule has 160 valence electrons. The Kier molecular flexibility index (Phi) is 4.70. The number of aromatic nitrogens is 6. The van der Waals surface area contributed by atoms with E-state index in [0.717, 1.165) is 22.5 Å². The van der Waals surface area contributed by atoms with Crippen LogP contribution in [0.4, 0.5) is 0 Å². The summed E-state index contributed by atoms with van der Waals surface area (Å²) < 4.78 is 14.2. The molecule has 0 atom stereocenters. The third kappa shape index (κ3) is 3.39. The molecule has 0 unspecified atom stereocenters. The summed E-state index contributed by atoms with van der Waals surface area (Å²) >= 11 is 0. The lowest BCUT2D eigenvalue weighted by Gasteiger charge is -2.09. The molecule has 32 heavy (non-hydrogen) atoms. The molecule has 5 aromatic rings. The van der Waals surface area contributed by atoms with Gasteiger partial charge in [-0.1, -0.05) is 23.4 Å². The number of benzene rings is 2. The number of hydrogen-bond acceptors (Lipinski definition) is 6. The Morgan fingerprint density at radius 3 is 2.75 bits per heavy atom. The number of nitrogens with zero attached hydrogens (tertiary/aromatic N) is 5. The number of nitrogens with one attached hydrogen (secondary N) is 1. The van der Waals surface area contributed by atoms with E-state index in [1.54, 1.807) is 28.6 Å². The molecule has 0 radical (unpaired) electrons. The van der Waals surface area contributed by atoms with Gasteiger partial charge in [-0.15, -0.1) is 0 Å². The molecule has 0 amide bonds. The predicted molar refractivity (Wildman–Crippen MR) is 118 cm³/mol. The van der Waals surface area contributed by atoms with Gasteiger partial charge in [0, 0.05) is 23.7 Å². The van der Waals surface area contributed by atoms with Crippen molar-refractivity contribution in [1.82, 2.24) is 29.5 Å². The molecule has 0 aliphatic carbocycles. The van der Waals surface area contributed by atoms with Crippen molar-refractivity contribution in [2.45, 2.75) is 13.8 Å². The highest BCUT2D eigenvalue weighted by Crippen LogP contribution is 2.26. The molecule has 2 aromatic carbocycles. The second-order valence-electron chi connectivity index (χ2n) is 7.36. The van der Waals surface area contributed by atoms with Crippen LogP contribution in [0.5, 0.6) is 5.75 Å². The van der Waals surface area contributed by atoms with E-state index < -0.39 is 0 Å². The van der Waals surface area contributed by atoms with E-state index in [1.165, 1.54) is 0 Å². The van der Waals surface area contributed by atoms with Crippen LogP contribution >= 0.6 is 0 Å². The van der Waals surface area contributed by atoms with Crippen molar-refractivity contribution in [2.75, 3.05) is 7.11 Å². The highest BCUT2D eigenvalue weighted by atomic mass is 16.5. The lowest BCUT2D eigenvalue weighted by atomic mass is 10.2. The molecule has 9 heteroatoms. The first-order valence-electron chi connectivity index (χ1n) is 9.96. The van der Waals surface area contributed by atoms with Gasteiger partial charge in [0.2, 0.25) is 5.82 Å². The SMILES string of the molecule is COc1ccc(C)cc1-n1ccc(-c2nc(-c3cccc(-n4c(C)c[nH]c4=O)c3)no2)n1. The number of imidazole rings is 1. The summed E-state index contributed by atoms with van der Waals surface area (Å²) in [5, 5.41) is 8.68. The topological polar surface area (TPSA) is 104 Å². The van der Waals surface area contributed by atoms with E-state index >= 15 is 0 Å². The van der Waals surface area contributed by atoms with Crippen LogP contribution in [0, 0.1) is 13.8 Å². The van der Waals surface area contributed by atoms with Crippen molar-refractivity contribution < 1.29 is 9.26 Å². The molecule has 0 bridgehead atoms. The zero-order valence-corrected chi connectivity index (χ0v) is 17.7. The van der Waals surface area contributed by atoms with Crippen LogP contribution < -0.4 is 10.4 Å². The normalized spacial score (nSPS) is 11.1. The van der Waals surface area contributed by atoms with Gasteiger partial charge in [-0.2, -0.15) is 10.1 Å². The quantitative estimate of drug-likeness (QED) is 0.458. The first-order chi connectivity index (χ1) is 15.5. The van der Waals surface area contributed by atoms with E-state index in [2.05, 4.69) is 20.2 Å². The highest BCUT2D eigenvalue weighted by Gasteiger charge is 2.16. The Morgan fingerprint density at radius 2 is 1.97 bits per heavy atom. The maximum Gasteiger partial charge on any atom is 0.330 e. The Bertz CT molecular complexity index is 1470. The summed E-state index contributed by atoms with van der Waals surface area (Å²) in [5.41, 5.74) is 4.50. The van der Waals surface area contributed by atoms with Crippen LogP contribution in [0.3, 0.4) is 0 Å². The van der Waals surface area contributed by atoms with Crippen LogP contribution in [-0.2, 0) is 0 Å². The third-order valence-electron chi connectivity index (χ3n) is 5.14. The van der Waals surface area contributed by atoms with Gasteiger partial charge in [0.05, 0.1) is 12.8 Å². The summed E-state index contributed by atoms with van der Waals surface area (Å²) in [6.07, 6.45) is 3.49. The molecule has 1 N–H and O–H groups in total. The van der Waals surface area contributed by atoms with Crippen molar-refractivity contribution in [2.24, 2.45) is 0 Å². The second kappa shape index (κ2) is 7.69. The average molecular weight is 428 g/mol. The highest BCUT2D eigenvalue weighted by molar-refractivity contribution is 5.61. The molecule has 3 aromatic heterocycles. The Hall–Kier alpha value is -4.40. The Labute approximate surface area is 182 Å². The lowest BCUT2D eigenvalue weighted by molar-refractivity contribution is 0.411. The fourth-order valence-corrected chi connectivity index (χ4v) is 3.56. The minimum Gasteiger partial charge on any atom is -0.494 e. The van der Waals surface area contributed by atoms with E-state index in [1.807, 2.05) is 62.5 Å². The van der Waals surface area contributed by atoms with Crippen molar-refractivity contribution in [1.29, 1.82) is 0 Å².